The van der Waals surface area contributed by atoms with Crippen molar-refractivity contribution in [2.24, 2.45) is 0 Å². The highest BCUT2D eigenvalue weighted by Crippen LogP contribution is 2.45. The zero-order valence-corrected chi connectivity index (χ0v) is 54.5. The van der Waals surface area contributed by atoms with Gasteiger partial charge in [-0.15, -0.1) is 0 Å². The molecule has 0 unspecified atom stereocenters. The second-order valence-electron chi connectivity index (χ2n) is 23.2. The molecule has 6 aromatic carbocycles. The summed E-state index contributed by atoms with van der Waals surface area (Å²) in [6, 6.07) is 16.6. The van der Waals surface area contributed by atoms with Crippen molar-refractivity contribution in [3.8, 4) is 33.4 Å². The van der Waals surface area contributed by atoms with E-state index in [1.54, 1.807) is 51.5 Å². The first-order valence-electron chi connectivity index (χ1n) is 30.6. The molecule has 0 atom stereocenters. The molecular formula is C69H60Cl3F3N18O3. The molecule has 21 nitrogen and oxygen atoms in total. The molecule has 96 heavy (non-hydrogen) atoms. The number of amides is 3. The molecule has 9 heterocycles. The van der Waals surface area contributed by atoms with Gasteiger partial charge >= 0.3 is 0 Å². The summed E-state index contributed by atoms with van der Waals surface area (Å²) in [5.74, 6) is 0.0401. The van der Waals surface area contributed by atoms with Crippen LogP contribution in [0, 0.1) is 38.2 Å². The van der Waals surface area contributed by atoms with Crippen LogP contribution in [0.3, 0.4) is 0 Å². The molecule has 0 saturated carbocycles. The molecule has 486 valence electrons. The van der Waals surface area contributed by atoms with Gasteiger partial charge in [-0.2, -0.15) is 15.3 Å². The van der Waals surface area contributed by atoms with Gasteiger partial charge in [-0.05, 0) is 92.1 Å². The number of nitrogens with one attached hydrogen (secondary N) is 3. The monoisotopic (exact) mass is 1350 g/mol. The Bertz CT molecular complexity index is 4630. The van der Waals surface area contributed by atoms with Crippen molar-refractivity contribution in [1.29, 1.82) is 0 Å². The van der Waals surface area contributed by atoms with E-state index >= 15 is 13.2 Å². The molecule has 12 aromatic rings. The average molecular weight is 1350 g/mol. The van der Waals surface area contributed by atoms with Crippen LogP contribution in [-0.4, -0.2) is 171 Å². The minimum absolute atomic E-state index is 0.0975. The smallest absolute Gasteiger partial charge is 0.246 e. The number of aromatic amines is 3. The first-order chi connectivity index (χ1) is 46.5. The summed E-state index contributed by atoms with van der Waals surface area (Å²) in [5.41, 5.74) is 8.66. The van der Waals surface area contributed by atoms with Crippen LogP contribution in [0.1, 0.15) is 16.7 Å². The number of carbonyl (C=O) groups excluding carboxylic acids is 3. The van der Waals surface area contributed by atoms with E-state index in [2.05, 4.69) is 80.2 Å². The molecule has 15 rings (SSSR count). The summed E-state index contributed by atoms with van der Waals surface area (Å²) in [7, 11) is 0. The van der Waals surface area contributed by atoms with Gasteiger partial charge in [0, 0.05) is 144 Å². The fraction of sp³-hybridized carbons (Fsp3) is 0.217. The van der Waals surface area contributed by atoms with Gasteiger partial charge in [0.15, 0.2) is 17.5 Å². The SMILES string of the molecule is C=CC(=O)N1CCN(c2ncnc3c(F)c(-c4c(C)ccc5[nH]ncc45)c(Cl)cc23)CC1.C=CC(=O)N1CCN(c2ncnc3c(F)c(-c4c(C)ccc5[nH]ncc45)c(Cl)cc23)CC1.C=CC(=O)N1CCN(c2ncnc3c(F)c(-c4c(C)ccc5[nH]ncc45)c(Cl)cc23)CC1. The number of piperazine rings is 3. The van der Waals surface area contributed by atoms with Crippen molar-refractivity contribution in [3.63, 3.8) is 0 Å². The number of aryl methyl sites for hydroxylation is 3. The standard InChI is InChI=1S/3C23H20ClFN6O/c3*1-3-18(32)30-6-8-31(9-7-30)23-14-10-16(24)20(21(25)22(14)26-12-27-23)19-13(2)4-5-17-15(19)11-28-29-17/h3*3-5,10-12H,1,6-9H2,2H3,(H,28,29). The van der Waals surface area contributed by atoms with Crippen LogP contribution in [-0.2, 0) is 14.4 Å². The number of rotatable bonds is 9. The lowest BCUT2D eigenvalue weighted by atomic mass is 9.95. The third-order valence-corrected chi connectivity index (χ3v) is 18.7. The van der Waals surface area contributed by atoms with Crippen LogP contribution in [0.4, 0.5) is 30.6 Å². The molecule has 27 heteroatoms. The van der Waals surface area contributed by atoms with Gasteiger partial charge in [-0.25, -0.2) is 43.1 Å². The van der Waals surface area contributed by atoms with Gasteiger partial charge < -0.3 is 29.4 Å². The Morgan fingerprint density at radius 1 is 0.396 bits per heavy atom. The molecule has 3 amide bonds. The maximum atomic E-state index is 15.9. The molecule has 3 saturated heterocycles. The first kappa shape index (κ1) is 64.2. The second kappa shape index (κ2) is 26.7. The summed E-state index contributed by atoms with van der Waals surface area (Å²) in [4.78, 5) is 72.9. The minimum atomic E-state index is -0.492. The van der Waals surface area contributed by atoms with Crippen molar-refractivity contribution in [2.45, 2.75) is 20.8 Å². The number of benzene rings is 6. The average Bonchev–Trinajstić information content (AvgIpc) is 1.22. The maximum absolute atomic E-state index is 15.9. The number of fused-ring (bicyclic) bond motifs is 6. The lowest BCUT2D eigenvalue weighted by Gasteiger charge is -2.35. The molecule has 0 aliphatic carbocycles. The third kappa shape index (κ3) is 11.7. The highest BCUT2D eigenvalue weighted by Gasteiger charge is 2.30. The largest absolute Gasteiger partial charge is 0.352 e. The quantitative estimate of drug-likeness (QED) is 0.114. The van der Waals surface area contributed by atoms with E-state index in [4.69, 9.17) is 34.8 Å². The van der Waals surface area contributed by atoms with Crippen LogP contribution < -0.4 is 14.7 Å². The summed E-state index contributed by atoms with van der Waals surface area (Å²) < 4.78 is 47.7. The summed E-state index contributed by atoms with van der Waals surface area (Å²) >= 11 is 20.0. The third-order valence-electron chi connectivity index (χ3n) is 17.8. The summed E-state index contributed by atoms with van der Waals surface area (Å²) in [6.07, 6.45) is 13.1. The lowest BCUT2D eigenvalue weighted by Crippen LogP contribution is -2.48. The number of hydrogen-bond acceptors (Lipinski definition) is 15. The Hall–Kier alpha value is -10.6. The first-order valence-corrected chi connectivity index (χ1v) is 31.8. The Kier molecular flexibility index (Phi) is 17.8. The Morgan fingerprint density at radius 3 is 0.906 bits per heavy atom. The predicted molar refractivity (Wildman–Crippen MR) is 370 cm³/mol. The molecule has 3 fully saturated rings. The number of carbonyl (C=O) groups is 3. The molecule has 3 aliphatic heterocycles. The molecule has 0 bridgehead atoms. The number of halogens is 6. The van der Waals surface area contributed by atoms with E-state index in [1.165, 1.54) is 37.2 Å². The number of aromatic nitrogens is 12. The highest BCUT2D eigenvalue weighted by atomic mass is 35.5. The number of anilines is 3. The number of nitrogens with zero attached hydrogens (tertiary/aromatic N) is 15. The van der Waals surface area contributed by atoms with Gasteiger partial charge in [0.2, 0.25) is 17.7 Å². The molecular weight excluding hydrogens is 1290 g/mol. The van der Waals surface area contributed by atoms with Gasteiger partial charge in [-0.1, -0.05) is 72.7 Å². The van der Waals surface area contributed by atoms with E-state index in [0.29, 0.717) is 146 Å². The van der Waals surface area contributed by atoms with E-state index in [-0.39, 0.29) is 49.3 Å². The van der Waals surface area contributed by atoms with Crippen molar-refractivity contribution in [3.05, 3.63) is 179 Å². The second-order valence-corrected chi connectivity index (χ2v) is 24.5. The maximum Gasteiger partial charge on any atom is 0.246 e. The van der Waals surface area contributed by atoms with Gasteiger partial charge in [0.1, 0.15) is 53.0 Å². The van der Waals surface area contributed by atoms with Crippen molar-refractivity contribution >= 4 is 135 Å². The lowest BCUT2D eigenvalue weighted by molar-refractivity contribution is -0.127. The Labute approximate surface area is 561 Å². The van der Waals surface area contributed by atoms with Crippen molar-refractivity contribution in [2.75, 3.05) is 93.2 Å². The van der Waals surface area contributed by atoms with E-state index < -0.39 is 17.5 Å². The van der Waals surface area contributed by atoms with Crippen LogP contribution >= 0.6 is 34.8 Å². The predicted octanol–water partition coefficient (Wildman–Crippen LogP) is 12.3. The minimum Gasteiger partial charge on any atom is -0.352 e. The van der Waals surface area contributed by atoms with Gasteiger partial charge in [0.25, 0.3) is 0 Å². The fourth-order valence-electron chi connectivity index (χ4n) is 13.0. The highest BCUT2D eigenvalue weighted by molar-refractivity contribution is 6.36. The Morgan fingerprint density at radius 2 is 0.656 bits per heavy atom. The summed E-state index contributed by atoms with van der Waals surface area (Å²) in [5, 5.41) is 25.9. The van der Waals surface area contributed by atoms with E-state index in [0.717, 1.165) is 49.4 Å². The molecule has 0 spiro atoms. The topological polar surface area (TPSA) is 234 Å². The number of hydrogen-bond donors (Lipinski definition) is 3. The van der Waals surface area contributed by atoms with Crippen LogP contribution in [0.25, 0.3) is 98.8 Å². The van der Waals surface area contributed by atoms with Crippen LogP contribution in [0.2, 0.25) is 15.1 Å². The van der Waals surface area contributed by atoms with Gasteiger partial charge in [0.05, 0.1) is 50.2 Å². The molecule has 0 radical (unpaired) electrons. The molecule has 3 aliphatic rings. The van der Waals surface area contributed by atoms with Crippen molar-refractivity contribution < 1.29 is 27.6 Å². The van der Waals surface area contributed by atoms with Crippen LogP contribution in [0.15, 0.2) is 130 Å². The Balaban J connectivity index is 0.000000130. The number of H-pyrrole nitrogens is 3. The fourth-order valence-corrected chi connectivity index (χ4v) is 13.8. The molecule has 3 N–H and O–H groups in total. The molecule has 6 aromatic heterocycles. The normalized spacial score (nSPS) is 14.3. The zero-order valence-electron chi connectivity index (χ0n) is 52.2. The van der Waals surface area contributed by atoms with Gasteiger partial charge in [-0.3, -0.25) is 29.7 Å². The van der Waals surface area contributed by atoms with E-state index in [1.807, 2.05) is 71.9 Å². The zero-order chi connectivity index (χ0) is 67.2. The van der Waals surface area contributed by atoms with E-state index in [9.17, 15) is 14.4 Å². The van der Waals surface area contributed by atoms with Crippen molar-refractivity contribution in [1.82, 2.24) is 75.2 Å². The summed E-state index contributed by atoms with van der Waals surface area (Å²) in [6.45, 7) is 23.0. The van der Waals surface area contributed by atoms with Crippen LogP contribution in [0.5, 0.6) is 0 Å².